The van der Waals surface area contributed by atoms with Crippen molar-refractivity contribution in [1.82, 2.24) is 0 Å². The summed E-state index contributed by atoms with van der Waals surface area (Å²) in [6.07, 6.45) is 2.35. The third-order valence-corrected chi connectivity index (χ3v) is 2.05. The maximum Gasteiger partial charge on any atom is 0.330 e. The lowest BCUT2D eigenvalue weighted by Crippen LogP contribution is -1.99. The number of rotatable bonds is 6. The third-order valence-electron chi connectivity index (χ3n) is 1.09. The summed E-state index contributed by atoms with van der Waals surface area (Å²) in [7, 11) is 0. The Bertz CT molecular complexity index is 163. The Labute approximate surface area is 71.0 Å². The molecule has 0 saturated heterocycles. The van der Waals surface area contributed by atoms with Crippen LogP contribution in [0.2, 0.25) is 0 Å². The van der Waals surface area contributed by atoms with Crippen molar-refractivity contribution in [2.45, 2.75) is 6.42 Å². The zero-order valence-corrected chi connectivity index (χ0v) is 7.19. The average molecular weight is 172 g/mol. The quantitative estimate of drug-likeness (QED) is 0.378. The molecule has 0 saturated carbocycles. The molecule has 2 nitrogen and oxygen atoms in total. The van der Waals surface area contributed by atoms with Gasteiger partial charge in [0.25, 0.3) is 0 Å². The number of hydrogen-bond donors (Lipinski definition) is 1. The van der Waals surface area contributed by atoms with Crippen LogP contribution in [0.15, 0.2) is 24.8 Å². The third kappa shape index (κ3) is 5.73. The number of carboxylic acids is 1. The molecule has 0 spiro atoms. The maximum absolute atomic E-state index is 10.2. The fraction of sp³-hybridized carbons (Fsp3) is 0.375. The standard InChI is InChI=1S/C8H12O2S/c1-3-5-11-6-4-7(2)8(9)10/h3H,1-2,4-6H2,(H,9,10). The molecule has 0 aliphatic carbocycles. The first-order chi connectivity index (χ1) is 5.18. The minimum Gasteiger partial charge on any atom is -0.478 e. The van der Waals surface area contributed by atoms with Crippen molar-refractivity contribution in [3.05, 3.63) is 24.8 Å². The van der Waals surface area contributed by atoms with E-state index in [1.54, 1.807) is 17.8 Å². The van der Waals surface area contributed by atoms with Gasteiger partial charge in [0.1, 0.15) is 0 Å². The van der Waals surface area contributed by atoms with Gasteiger partial charge in [0.2, 0.25) is 0 Å². The van der Waals surface area contributed by atoms with Crippen molar-refractivity contribution in [3.8, 4) is 0 Å². The van der Waals surface area contributed by atoms with Gasteiger partial charge in [0, 0.05) is 11.3 Å². The van der Waals surface area contributed by atoms with Crippen molar-refractivity contribution in [2.75, 3.05) is 11.5 Å². The van der Waals surface area contributed by atoms with Crippen molar-refractivity contribution in [2.24, 2.45) is 0 Å². The van der Waals surface area contributed by atoms with Crippen LogP contribution < -0.4 is 0 Å². The average Bonchev–Trinajstić information content (AvgIpc) is 1.97. The van der Waals surface area contributed by atoms with E-state index >= 15 is 0 Å². The predicted octanol–water partition coefficient (Wildman–Crippen LogP) is 1.94. The summed E-state index contributed by atoms with van der Waals surface area (Å²) in [6.45, 7) is 6.97. The Balaban J connectivity index is 3.31. The van der Waals surface area contributed by atoms with Crippen LogP contribution in [-0.2, 0) is 4.79 Å². The second-order valence-corrected chi connectivity index (χ2v) is 3.17. The second-order valence-electron chi connectivity index (χ2n) is 2.02. The molecular formula is C8H12O2S. The van der Waals surface area contributed by atoms with Gasteiger partial charge in [0.15, 0.2) is 0 Å². The van der Waals surface area contributed by atoms with E-state index in [0.717, 1.165) is 11.5 Å². The topological polar surface area (TPSA) is 37.3 Å². The first kappa shape index (κ1) is 10.3. The number of carbonyl (C=O) groups is 1. The summed E-state index contributed by atoms with van der Waals surface area (Å²) in [5.41, 5.74) is 0.279. The first-order valence-electron chi connectivity index (χ1n) is 3.28. The van der Waals surface area contributed by atoms with Crippen molar-refractivity contribution < 1.29 is 9.90 Å². The van der Waals surface area contributed by atoms with Crippen molar-refractivity contribution >= 4 is 17.7 Å². The molecule has 0 amide bonds. The number of aliphatic carboxylic acids is 1. The van der Waals surface area contributed by atoms with Gasteiger partial charge in [-0.05, 0) is 12.2 Å². The van der Waals surface area contributed by atoms with Crippen LogP contribution in [0.25, 0.3) is 0 Å². The lowest BCUT2D eigenvalue weighted by molar-refractivity contribution is -0.132. The van der Waals surface area contributed by atoms with Crippen LogP contribution in [-0.4, -0.2) is 22.6 Å². The van der Waals surface area contributed by atoms with Gasteiger partial charge in [-0.2, -0.15) is 11.8 Å². The lowest BCUT2D eigenvalue weighted by atomic mass is 10.2. The maximum atomic E-state index is 10.2. The summed E-state index contributed by atoms with van der Waals surface area (Å²) >= 11 is 1.66. The minimum atomic E-state index is -0.899. The first-order valence-corrected chi connectivity index (χ1v) is 4.43. The summed E-state index contributed by atoms with van der Waals surface area (Å²) in [6, 6.07) is 0. The molecule has 0 heterocycles. The van der Waals surface area contributed by atoms with E-state index in [1.807, 2.05) is 0 Å². The molecule has 0 rings (SSSR count). The van der Waals surface area contributed by atoms with Gasteiger partial charge in [0.05, 0.1) is 0 Å². The van der Waals surface area contributed by atoms with Gasteiger partial charge in [-0.15, -0.1) is 6.58 Å². The van der Waals surface area contributed by atoms with Crippen LogP contribution in [0.4, 0.5) is 0 Å². The van der Waals surface area contributed by atoms with Gasteiger partial charge < -0.3 is 5.11 Å². The van der Waals surface area contributed by atoms with Gasteiger partial charge in [-0.1, -0.05) is 12.7 Å². The monoisotopic (exact) mass is 172 g/mol. The van der Waals surface area contributed by atoms with Crippen LogP contribution in [0.5, 0.6) is 0 Å². The van der Waals surface area contributed by atoms with Gasteiger partial charge in [-0.25, -0.2) is 4.79 Å². The number of hydrogen-bond acceptors (Lipinski definition) is 2. The Morgan fingerprint density at radius 3 is 2.73 bits per heavy atom. The predicted molar refractivity (Wildman–Crippen MR) is 48.9 cm³/mol. The molecule has 0 radical (unpaired) electrons. The fourth-order valence-corrected chi connectivity index (χ4v) is 1.19. The molecule has 1 N–H and O–H groups in total. The molecule has 0 unspecified atom stereocenters. The lowest BCUT2D eigenvalue weighted by Gasteiger charge is -1.97. The highest BCUT2D eigenvalue weighted by atomic mass is 32.2. The largest absolute Gasteiger partial charge is 0.478 e. The molecule has 0 aliphatic rings. The molecule has 0 aromatic heterocycles. The molecule has 0 atom stereocenters. The number of carboxylic acid groups (broad SMARTS) is 1. The Morgan fingerprint density at radius 2 is 2.27 bits per heavy atom. The molecule has 0 aromatic rings. The van der Waals surface area contributed by atoms with Crippen LogP contribution >= 0.6 is 11.8 Å². The molecule has 0 bridgehead atoms. The van der Waals surface area contributed by atoms with E-state index < -0.39 is 5.97 Å². The molecule has 3 heteroatoms. The highest BCUT2D eigenvalue weighted by Crippen LogP contribution is 2.07. The Hall–Kier alpha value is -0.700. The molecule has 62 valence electrons. The van der Waals surface area contributed by atoms with Crippen LogP contribution in [0.1, 0.15) is 6.42 Å². The number of thioether (sulfide) groups is 1. The fourth-order valence-electron chi connectivity index (χ4n) is 0.469. The van der Waals surface area contributed by atoms with E-state index in [2.05, 4.69) is 13.2 Å². The molecule has 0 aliphatic heterocycles. The normalized spacial score (nSPS) is 9.09. The second kappa shape index (κ2) is 6.04. The van der Waals surface area contributed by atoms with E-state index in [4.69, 9.17) is 5.11 Å². The molecule has 11 heavy (non-hydrogen) atoms. The highest BCUT2D eigenvalue weighted by Gasteiger charge is 2.01. The van der Waals surface area contributed by atoms with Crippen LogP contribution in [0.3, 0.4) is 0 Å². The van der Waals surface area contributed by atoms with Gasteiger partial charge in [-0.3, -0.25) is 0 Å². The summed E-state index contributed by atoms with van der Waals surface area (Å²) in [5.74, 6) is 0.772. The molecule has 0 fully saturated rings. The van der Waals surface area contributed by atoms with Crippen molar-refractivity contribution in [3.63, 3.8) is 0 Å². The smallest absolute Gasteiger partial charge is 0.330 e. The van der Waals surface area contributed by atoms with E-state index in [1.165, 1.54) is 0 Å². The summed E-state index contributed by atoms with van der Waals surface area (Å²) < 4.78 is 0. The SMILES string of the molecule is C=CCSCCC(=C)C(=O)O. The molecular weight excluding hydrogens is 160 g/mol. The van der Waals surface area contributed by atoms with Crippen LogP contribution in [0, 0.1) is 0 Å². The minimum absolute atomic E-state index is 0.279. The summed E-state index contributed by atoms with van der Waals surface area (Å²) in [4.78, 5) is 10.2. The van der Waals surface area contributed by atoms with E-state index in [0.29, 0.717) is 6.42 Å². The molecule has 0 aromatic carbocycles. The Kier molecular flexibility index (Phi) is 5.65. The zero-order valence-electron chi connectivity index (χ0n) is 6.38. The van der Waals surface area contributed by atoms with Gasteiger partial charge >= 0.3 is 5.97 Å². The van der Waals surface area contributed by atoms with E-state index in [-0.39, 0.29) is 5.57 Å². The zero-order chi connectivity index (χ0) is 8.69. The summed E-state index contributed by atoms with van der Waals surface area (Å²) in [5, 5.41) is 8.41. The Morgan fingerprint density at radius 1 is 1.64 bits per heavy atom. The van der Waals surface area contributed by atoms with Crippen molar-refractivity contribution in [1.29, 1.82) is 0 Å². The highest BCUT2D eigenvalue weighted by molar-refractivity contribution is 7.99. The van der Waals surface area contributed by atoms with E-state index in [9.17, 15) is 4.79 Å².